The molecule has 146 valence electrons. The monoisotopic (exact) mass is 406 g/mol. The molecule has 0 atom stereocenters. The lowest BCUT2D eigenvalue weighted by atomic mass is 10.2. The average molecular weight is 407 g/mol. The van der Waals surface area contributed by atoms with Crippen molar-refractivity contribution in [1.82, 2.24) is 14.5 Å². The number of aromatic nitrogens is 3. The number of carboxylic acid groups (broad SMARTS) is 1. The molecule has 2 aromatic rings. The van der Waals surface area contributed by atoms with Gasteiger partial charge in [0.15, 0.2) is 0 Å². The molecule has 0 saturated heterocycles. The number of carbonyl (C=O) groups is 1. The molecule has 3 rings (SSSR count). The Hall–Kier alpha value is -1.84. The molecule has 1 N–H and O–H groups in total. The molecule has 0 aromatic carbocycles. The van der Waals surface area contributed by atoms with Crippen molar-refractivity contribution in [3.8, 4) is 0 Å². The van der Waals surface area contributed by atoms with Gasteiger partial charge in [0.2, 0.25) is 0 Å². The Morgan fingerprint density at radius 2 is 2.15 bits per heavy atom. The predicted octanol–water partition coefficient (Wildman–Crippen LogP) is 3.53. The number of anilines is 1. The molecular formula is C18H26N4O3SSi. The molecule has 0 fully saturated rings. The first-order chi connectivity index (χ1) is 12.8. The van der Waals surface area contributed by atoms with Crippen LogP contribution in [-0.4, -0.2) is 52.6 Å². The number of carboxylic acids is 1. The van der Waals surface area contributed by atoms with E-state index < -0.39 is 14.0 Å². The van der Waals surface area contributed by atoms with Crippen molar-refractivity contribution in [1.29, 1.82) is 0 Å². The maximum Gasteiger partial charge on any atom is 0.343 e. The number of aliphatic carboxylic acids is 1. The van der Waals surface area contributed by atoms with E-state index in [1.165, 1.54) is 18.1 Å². The first kappa shape index (κ1) is 19.9. The maximum atomic E-state index is 11.3. The SMILES string of the molecule is Cc1cn(COCC[Si](C)(C)C)c2ncnc(N3C=C(C(=O)O)SCC3)c12. The van der Waals surface area contributed by atoms with Gasteiger partial charge in [0.05, 0.1) is 5.39 Å². The molecule has 27 heavy (non-hydrogen) atoms. The molecule has 0 unspecified atom stereocenters. The van der Waals surface area contributed by atoms with Crippen LogP contribution in [-0.2, 0) is 16.3 Å². The van der Waals surface area contributed by atoms with Crippen molar-refractivity contribution in [3.63, 3.8) is 0 Å². The van der Waals surface area contributed by atoms with Gasteiger partial charge in [-0.05, 0) is 18.5 Å². The lowest BCUT2D eigenvalue weighted by Crippen LogP contribution is -2.26. The van der Waals surface area contributed by atoms with Gasteiger partial charge < -0.3 is 19.3 Å². The van der Waals surface area contributed by atoms with Crippen LogP contribution >= 0.6 is 11.8 Å². The minimum atomic E-state index is -1.11. The first-order valence-corrected chi connectivity index (χ1v) is 13.7. The maximum absolute atomic E-state index is 11.3. The number of fused-ring (bicyclic) bond motifs is 1. The molecule has 2 aromatic heterocycles. The fraction of sp³-hybridized carbons (Fsp3) is 0.500. The summed E-state index contributed by atoms with van der Waals surface area (Å²) >= 11 is 1.35. The second-order valence-corrected chi connectivity index (χ2v) is 14.6. The van der Waals surface area contributed by atoms with E-state index in [0.29, 0.717) is 23.9 Å². The van der Waals surface area contributed by atoms with E-state index in [2.05, 4.69) is 29.6 Å². The van der Waals surface area contributed by atoms with Crippen molar-refractivity contribution < 1.29 is 14.6 Å². The highest BCUT2D eigenvalue weighted by molar-refractivity contribution is 8.04. The van der Waals surface area contributed by atoms with Gasteiger partial charge >= 0.3 is 5.97 Å². The Bertz CT molecular complexity index is 875. The lowest BCUT2D eigenvalue weighted by Gasteiger charge is -2.24. The number of thioether (sulfide) groups is 1. The standard InChI is InChI=1S/C18H26N4O3SSi/c1-13-9-22(12-25-6-8-27(2,3)4)17-15(13)16(19-11-20-17)21-5-7-26-14(10-21)18(23)24/h9-11H,5-8,12H2,1-4H3,(H,23,24). The number of ether oxygens (including phenoxy) is 1. The van der Waals surface area contributed by atoms with Gasteiger partial charge in [-0.25, -0.2) is 14.8 Å². The smallest absolute Gasteiger partial charge is 0.343 e. The van der Waals surface area contributed by atoms with Crippen LogP contribution in [0.3, 0.4) is 0 Å². The molecular weight excluding hydrogens is 380 g/mol. The topological polar surface area (TPSA) is 80.5 Å². The van der Waals surface area contributed by atoms with Crippen molar-refractivity contribution >= 4 is 42.7 Å². The zero-order chi connectivity index (χ0) is 19.6. The summed E-state index contributed by atoms with van der Waals surface area (Å²) in [6.07, 6.45) is 5.23. The Morgan fingerprint density at radius 1 is 1.37 bits per heavy atom. The van der Waals surface area contributed by atoms with E-state index in [0.717, 1.165) is 35.1 Å². The Morgan fingerprint density at radius 3 is 2.85 bits per heavy atom. The normalized spacial score (nSPS) is 15.3. The van der Waals surface area contributed by atoms with E-state index in [-0.39, 0.29) is 0 Å². The average Bonchev–Trinajstić information content (AvgIpc) is 2.94. The molecule has 9 heteroatoms. The van der Waals surface area contributed by atoms with Gasteiger partial charge in [0.25, 0.3) is 0 Å². The molecule has 0 radical (unpaired) electrons. The number of aryl methyl sites for hydroxylation is 1. The fourth-order valence-electron chi connectivity index (χ4n) is 2.94. The van der Waals surface area contributed by atoms with Gasteiger partial charge in [-0.3, -0.25) is 0 Å². The summed E-state index contributed by atoms with van der Waals surface area (Å²) in [5, 5.41) is 10.2. The summed E-state index contributed by atoms with van der Waals surface area (Å²) in [5.74, 6) is 0.556. The molecule has 0 saturated carbocycles. The number of hydrogen-bond donors (Lipinski definition) is 1. The van der Waals surface area contributed by atoms with Crippen molar-refractivity contribution in [3.05, 3.63) is 29.2 Å². The summed E-state index contributed by atoms with van der Waals surface area (Å²) < 4.78 is 7.88. The largest absolute Gasteiger partial charge is 0.477 e. The molecule has 1 aliphatic heterocycles. The summed E-state index contributed by atoms with van der Waals surface area (Å²) in [7, 11) is -1.11. The third-order valence-corrected chi connectivity index (χ3v) is 7.08. The minimum absolute atomic E-state index is 0.333. The Labute approximate surface area is 164 Å². The molecule has 0 spiro atoms. The third kappa shape index (κ3) is 4.71. The fourth-order valence-corrected chi connectivity index (χ4v) is 4.53. The zero-order valence-corrected chi connectivity index (χ0v) is 18.0. The highest BCUT2D eigenvalue weighted by Gasteiger charge is 2.22. The molecule has 1 aliphatic rings. The van der Waals surface area contributed by atoms with Crippen molar-refractivity contribution in [2.24, 2.45) is 0 Å². The Balaban J connectivity index is 1.86. The highest BCUT2D eigenvalue weighted by atomic mass is 32.2. The van der Waals surface area contributed by atoms with E-state index in [1.54, 1.807) is 6.20 Å². The van der Waals surface area contributed by atoms with Crippen LogP contribution in [0.2, 0.25) is 25.7 Å². The number of rotatable bonds is 7. The number of hydrogen-bond acceptors (Lipinski definition) is 6. The van der Waals surface area contributed by atoms with Crippen molar-refractivity contribution in [2.75, 3.05) is 23.8 Å². The van der Waals surface area contributed by atoms with E-state index in [4.69, 9.17) is 4.74 Å². The van der Waals surface area contributed by atoms with Gasteiger partial charge in [0.1, 0.15) is 29.4 Å². The minimum Gasteiger partial charge on any atom is -0.477 e. The van der Waals surface area contributed by atoms with Gasteiger partial charge in [0, 0.05) is 39.4 Å². The highest BCUT2D eigenvalue weighted by Crippen LogP contribution is 2.31. The summed E-state index contributed by atoms with van der Waals surface area (Å²) in [6.45, 7) is 10.9. The second kappa shape index (κ2) is 8.03. The van der Waals surface area contributed by atoms with E-state index >= 15 is 0 Å². The molecule has 0 aliphatic carbocycles. The molecule has 3 heterocycles. The summed E-state index contributed by atoms with van der Waals surface area (Å²) in [5.41, 5.74) is 1.87. The van der Waals surface area contributed by atoms with Crippen LogP contribution in [0.4, 0.5) is 5.82 Å². The van der Waals surface area contributed by atoms with Crippen LogP contribution in [0.5, 0.6) is 0 Å². The zero-order valence-electron chi connectivity index (χ0n) is 16.2. The summed E-state index contributed by atoms with van der Waals surface area (Å²) in [4.78, 5) is 22.5. The lowest BCUT2D eigenvalue weighted by molar-refractivity contribution is -0.131. The quantitative estimate of drug-likeness (QED) is 0.556. The first-order valence-electron chi connectivity index (χ1n) is 8.99. The van der Waals surface area contributed by atoms with Crippen LogP contribution < -0.4 is 4.90 Å². The molecule has 0 amide bonds. The number of nitrogens with zero attached hydrogens (tertiary/aromatic N) is 4. The second-order valence-electron chi connectivity index (χ2n) is 7.87. The van der Waals surface area contributed by atoms with Gasteiger partial charge in [-0.15, -0.1) is 11.8 Å². The van der Waals surface area contributed by atoms with Crippen LogP contribution in [0.15, 0.2) is 23.6 Å². The van der Waals surface area contributed by atoms with Crippen LogP contribution in [0.1, 0.15) is 5.56 Å². The van der Waals surface area contributed by atoms with Crippen molar-refractivity contribution in [2.45, 2.75) is 39.3 Å². The van der Waals surface area contributed by atoms with E-state index in [1.807, 2.05) is 22.6 Å². The van der Waals surface area contributed by atoms with Gasteiger partial charge in [-0.1, -0.05) is 19.6 Å². The predicted molar refractivity (Wildman–Crippen MR) is 112 cm³/mol. The Kier molecular flexibility index (Phi) is 5.92. The van der Waals surface area contributed by atoms with Crippen LogP contribution in [0.25, 0.3) is 11.0 Å². The molecule has 0 bridgehead atoms. The van der Waals surface area contributed by atoms with E-state index in [9.17, 15) is 9.90 Å². The van der Waals surface area contributed by atoms with Crippen LogP contribution in [0, 0.1) is 6.92 Å². The third-order valence-electron chi connectivity index (χ3n) is 4.40. The summed E-state index contributed by atoms with van der Waals surface area (Å²) in [6, 6.07) is 1.12. The van der Waals surface area contributed by atoms with Gasteiger partial charge in [-0.2, -0.15) is 0 Å². The molecule has 7 nitrogen and oxygen atoms in total.